The number of nitrogens with zero attached hydrogens (tertiary/aromatic N) is 1. The molecule has 3 nitrogen and oxygen atoms in total. The number of rotatable bonds is 6. The smallest absolute Gasteiger partial charge is 0.184 e. The predicted molar refractivity (Wildman–Crippen MR) is 113 cm³/mol. The van der Waals surface area contributed by atoms with Gasteiger partial charge < -0.3 is 5.32 Å². The third kappa shape index (κ3) is 3.91. The molecule has 1 aromatic heterocycles. The van der Waals surface area contributed by atoms with Gasteiger partial charge in [0, 0.05) is 12.0 Å². The number of para-hydroxylation sites is 1. The highest BCUT2D eigenvalue weighted by Gasteiger charge is 2.20. The minimum Gasteiger partial charge on any atom is -0.354 e. The molecule has 0 unspecified atom stereocenters. The molecule has 4 aromatic rings. The zero-order valence-corrected chi connectivity index (χ0v) is 15.9. The second-order valence-electron chi connectivity index (χ2n) is 6.53. The van der Waals surface area contributed by atoms with Gasteiger partial charge in [0.25, 0.3) is 0 Å². The van der Waals surface area contributed by atoms with E-state index < -0.39 is 0 Å². The molecule has 4 rings (SSSR count). The van der Waals surface area contributed by atoms with Gasteiger partial charge in [-0.05, 0) is 30.2 Å². The van der Waals surface area contributed by atoms with Gasteiger partial charge in [-0.25, -0.2) is 4.98 Å². The van der Waals surface area contributed by atoms with Crippen LogP contribution in [0.2, 0.25) is 0 Å². The Labute approximate surface area is 162 Å². The summed E-state index contributed by atoms with van der Waals surface area (Å²) in [4.78, 5) is 17.5. The van der Waals surface area contributed by atoms with Crippen LogP contribution in [0.15, 0.2) is 78.9 Å². The third-order valence-electron chi connectivity index (χ3n) is 4.64. The summed E-state index contributed by atoms with van der Waals surface area (Å²) < 4.78 is 1.14. The number of hydrogen-bond acceptors (Lipinski definition) is 4. The molecule has 1 N–H and O–H groups in total. The van der Waals surface area contributed by atoms with E-state index >= 15 is 0 Å². The Morgan fingerprint density at radius 3 is 2.44 bits per heavy atom. The highest BCUT2D eigenvalue weighted by Crippen LogP contribution is 2.31. The first-order chi connectivity index (χ1) is 13.2. The largest absolute Gasteiger partial charge is 0.354 e. The van der Waals surface area contributed by atoms with E-state index in [2.05, 4.69) is 35.4 Å². The Balaban J connectivity index is 1.65. The molecule has 0 spiro atoms. The fraction of sp³-hybridized carbons (Fsp3) is 0.130. The van der Waals surface area contributed by atoms with Crippen molar-refractivity contribution in [3.8, 4) is 0 Å². The van der Waals surface area contributed by atoms with Crippen molar-refractivity contribution in [2.45, 2.75) is 19.4 Å². The van der Waals surface area contributed by atoms with Gasteiger partial charge >= 0.3 is 0 Å². The molecule has 4 heteroatoms. The summed E-state index contributed by atoms with van der Waals surface area (Å²) in [6, 6.07) is 25.6. The first-order valence-corrected chi connectivity index (χ1v) is 9.78. The maximum atomic E-state index is 12.8. The number of anilines is 1. The van der Waals surface area contributed by atoms with Crippen molar-refractivity contribution in [3.63, 3.8) is 0 Å². The van der Waals surface area contributed by atoms with Crippen LogP contribution in [0.5, 0.6) is 0 Å². The molecule has 0 aliphatic rings. The standard InChI is InChI=1S/C23H20N2OS/c1-16-9-5-6-12-18(16)20(15-21(26)17-10-3-2-4-11-17)25-23-24-19-13-7-8-14-22(19)27-23/h2-14,20H,15H2,1H3,(H,24,25)/t20-/m1/s1. The van der Waals surface area contributed by atoms with Gasteiger partial charge in [-0.3, -0.25) is 4.79 Å². The highest BCUT2D eigenvalue weighted by molar-refractivity contribution is 7.22. The van der Waals surface area contributed by atoms with E-state index in [1.54, 1.807) is 11.3 Å². The number of hydrogen-bond donors (Lipinski definition) is 1. The maximum Gasteiger partial charge on any atom is 0.184 e. The van der Waals surface area contributed by atoms with Crippen LogP contribution in [0.4, 0.5) is 5.13 Å². The number of benzene rings is 3. The van der Waals surface area contributed by atoms with Crippen molar-refractivity contribution in [1.29, 1.82) is 0 Å². The van der Waals surface area contributed by atoms with E-state index in [-0.39, 0.29) is 11.8 Å². The lowest BCUT2D eigenvalue weighted by molar-refractivity contribution is 0.0976. The lowest BCUT2D eigenvalue weighted by atomic mass is 9.95. The van der Waals surface area contributed by atoms with E-state index in [0.717, 1.165) is 32.0 Å². The van der Waals surface area contributed by atoms with Gasteiger partial charge in [0.05, 0.1) is 16.3 Å². The van der Waals surface area contributed by atoms with Crippen molar-refractivity contribution >= 4 is 32.5 Å². The second kappa shape index (κ2) is 7.72. The zero-order valence-electron chi connectivity index (χ0n) is 15.1. The molecule has 0 bridgehead atoms. The molecule has 3 aromatic carbocycles. The normalized spacial score (nSPS) is 12.0. The molecule has 0 amide bonds. The molecule has 1 atom stereocenters. The Morgan fingerprint density at radius 2 is 1.67 bits per heavy atom. The summed E-state index contributed by atoms with van der Waals surface area (Å²) in [5.41, 5.74) is 4.00. The molecular weight excluding hydrogens is 352 g/mol. The van der Waals surface area contributed by atoms with Crippen LogP contribution >= 0.6 is 11.3 Å². The number of Topliss-reactive ketones (excluding diaryl/α,β-unsaturated/α-hetero) is 1. The van der Waals surface area contributed by atoms with Crippen molar-refractivity contribution in [1.82, 2.24) is 4.98 Å². The fourth-order valence-corrected chi connectivity index (χ4v) is 4.15. The Hall–Kier alpha value is -2.98. The predicted octanol–water partition coefficient (Wildman–Crippen LogP) is 6.03. The van der Waals surface area contributed by atoms with Crippen molar-refractivity contribution in [2.75, 3.05) is 5.32 Å². The molecule has 0 aliphatic heterocycles. The highest BCUT2D eigenvalue weighted by atomic mass is 32.1. The van der Waals surface area contributed by atoms with E-state index in [0.29, 0.717) is 6.42 Å². The van der Waals surface area contributed by atoms with Crippen LogP contribution in [0.3, 0.4) is 0 Å². The number of carbonyl (C=O) groups is 1. The summed E-state index contributed by atoms with van der Waals surface area (Å²) >= 11 is 1.62. The fourth-order valence-electron chi connectivity index (χ4n) is 3.23. The summed E-state index contributed by atoms with van der Waals surface area (Å²) in [5, 5.41) is 4.35. The first kappa shape index (κ1) is 17.4. The van der Waals surface area contributed by atoms with Crippen molar-refractivity contribution in [3.05, 3.63) is 95.6 Å². The molecule has 0 fully saturated rings. The van der Waals surface area contributed by atoms with Gasteiger partial charge in [-0.1, -0.05) is 78.1 Å². The zero-order chi connectivity index (χ0) is 18.6. The average Bonchev–Trinajstić information content (AvgIpc) is 3.11. The molecule has 134 valence electrons. The number of aromatic nitrogens is 1. The van der Waals surface area contributed by atoms with Crippen LogP contribution in [0, 0.1) is 6.92 Å². The minimum absolute atomic E-state index is 0.123. The topological polar surface area (TPSA) is 42.0 Å². The maximum absolute atomic E-state index is 12.8. The van der Waals surface area contributed by atoms with Gasteiger partial charge in [0.2, 0.25) is 0 Å². The monoisotopic (exact) mass is 372 g/mol. The summed E-state index contributed by atoms with van der Waals surface area (Å²) in [7, 11) is 0. The quantitative estimate of drug-likeness (QED) is 0.420. The molecule has 0 saturated carbocycles. The molecule has 27 heavy (non-hydrogen) atoms. The Morgan fingerprint density at radius 1 is 0.963 bits per heavy atom. The molecular formula is C23H20N2OS. The van der Waals surface area contributed by atoms with Gasteiger partial charge in [0.1, 0.15) is 0 Å². The summed E-state index contributed by atoms with van der Waals surface area (Å²) in [6.07, 6.45) is 0.380. The number of aryl methyl sites for hydroxylation is 1. The number of nitrogens with one attached hydrogen (secondary N) is 1. The van der Waals surface area contributed by atoms with Gasteiger partial charge in [-0.2, -0.15) is 0 Å². The van der Waals surface area contributed by atoms with Crippen LogP contribution < -0.4 is 5.32 Å². The number of fused-ring (bicyclic) bond motifs is 1. The SMILES string of the molecule is Cc1ccccc1[C@@H](CC(=O)c1ccccc1)Nc1nc2ccccc2s1. The second-order valence-corrected chi connectivity index (χ2v) is 7.56. The number of carbonyl (C=O) groups excluding carboxylic acids is 1. The Kier molecular flexibility index (Phi) is 4.99. The van der Waals surface area contributed by atoms with Crippen LogP contribution in [0.1, 0.15) is 33.9 Å². The Bertz CT molecular complexity index is 1040. The molecule has 0 radical (unpaired) electrons. The van der Waals surface area contributed by atoms with Gasteiger partial charge in [0.15, 0.2) is 10.9 Å². The van der Waals surface area contributed by atoms with E-state index in [9.17, 15) is 4.79 Å². The van der Waals surface area contributed by atoms with Crippen LogP contribution in [-0.4, -0.2) is 10.8 Å². The van der Waals surface area contributed by atoms with Crippen molar-refractivity contribution in [2.24, 2.45) is 0 Å². The molecule has 1 heterocycles. The van der Waals surface area contributed by atoms with Crippen molar-refractivity contribution < 1.29 is 4.79 Å². The van der Waals surface area contributed by atoms with E-state index in [4.69, 9.17) is 0 Å². The molecule has 0 saturated heterocycles. The first-order valence-electron chi connectivity index (χ1n) is 8.96. The van der Waals surface area contributed by atoms with E-state index in [1.165, 1.54) is 0 Å². The lowest BCUT2D eigenvalue weighted by Gasteiger charge is -2.20. The molecule has 0 aliphatic carbocycles. The summed E-state index contributed by atoms with van der Waals surface area (Å²) in [6.45, 7) is 2.08. The average molecular weight is 372 g/mol. The van der Waals surface area contributed by atoms with Gasteiger partial charge in [-0.15, -0.1) is 0 Å². The minimum atomic E-state index is -0.125. The third-order valence-corrected chi connectivity index (χ3v) is 5.61. The number of ketones is 1. The number of thiazole rings is 1. The van der Waals surface area contributed by atoms with Crippen LogP contribution in [-0.2, 0) is 0 Å². The van der Waals surface area contributed by atoms with Crippen LogP contribution in [0.25, 0.3) is 10.2 Å². The lowest BCUT2D eigenvalue weighted by Crippen LogP contribution is -2.16. The summed E-state index contributed by atoms with van der Waals surface area (Å²) in [5.74, 6) is 0.123. The van der Waals surface area contributed by atoms with E-state index in [1.807, 2.05) is 60.7 Å².